The van der Waals surface area contributed by atoms with E-state index in [9.17, 15) is 15.2 Å². The predicted molar refractivity (Wildman–Crippen MR) is 48.7 cm³/mol. The number of aliphatic hydroxyl groups is 1. The Balaban J connectivity index is 3.14. The van der Waals surface area contributed by atoms with Gasteiger partial charge in [-0.15, -0.1) is 0 Å². The second-order valence-electron chi connectivity index (χ2n) is 2.42. The van der Waals surface area contributed by atoms with E-state index in [-0.39, 0.29) is 23.6 Å². The molecule has 72 valence electrons. The Kier molecular flexibility index (Phi) is 3.05. The smallest absolute Gasteiger partial charge is 0.270 e. The molecule has 0 radical (unpaired) electrons. The Labute approximate surface area is 79.8 Å². The Hall–Kier alpha value is -2.06. The lowest BCUT2D eigenvalue weighted by atomic mass is 10.2. The summed E-state index contributed by atoms with van der Waals surface area (Å²) >= 11 is 0. The van der Waals surface area contributed by atoms with Gasteiger partial charge in [-0.2, -0.15) is 0 Å². The van der Waals surface area contributed by atoms with E-state index in [4.69, 9.17) is 5.11 Å². The number of nitrogens with zero attached hydrogens (tertiary/aromatic N) is 1. The van der Waals surface area contributed by atoms with Gasteiger partial charge in [-0.05, 0) is 6.07 Å². The summed E-state index contributed by atoms with van der Waals surface area (Å²) in [4.78, 5) is 9.78. The van der Waals surface area contributed by atoms with Gasteiger partial charge in [0, 0.05) is 12.1 Å². The fraction of sp³-hybridized carbons (Fsp3) is 0.111. The minimum atomic E-state index is -0.580. The lowest BCUT2D eigenvalue weighted by Gasteiger charge is -1.96. The maximum absolute atomic E-state index is 10.4. The maximum atomic E-state index is 10.4. The van der Waals surface area contributed by atoms with Gasteiger partial charge in [0.2, 0.25) is 0 Å². The molecular weight excluding hydrogens is 186 g/mol. The van der Waals surface area contributed by atoms with E-state index in [1.54, 1.807) is 0 Å². The summed E-state index contributed by atoms with van der Waals surface area (Å²) in [6.07, 6.45) is 0. The number of phenolic OH excluding ortho intramolecular Hbond substituents is 1. The van der Waals surface area contributed by atoms with Gasteiger partial charge in [0.1, 0.15) is 12.4 Å². The van der Waals surface area contributed by atoms with Gasteiger partial charge < -0.3 is 10.2 Å². The van der Waals surface area contributed by atoms with E-state index in [1.807, 2.05) is 0 Å². The van der Waals surface area contributed by atoms with Gasteiger partial charge in [0.25, 0.3) is 5.69 Å². The van der Waals surface area contributed by atoms with Gasteiger partial charge in [0.15, 0.2) is 0 Å². The number of nitro benzene ring substituents is 1. The first-order valence-electron chi connectivity index (χ1n) is 3.72. The lowest BCUT2D eigenvalue weighted by molar-refractivity contribution is -0.384. The molecule has 0 aliphatic rings. The van der Waals surface area contributed by atoms with Crippen LogP contribution in [0.2, 0.25) is 0 Å². The second kappa shape index (κ2) is 4.25. The molecule has 1 rings (SSSR count). The minimum absolute atomic E-state index is 0.133. The minimum Gasteiger partial charge on any atom is -0.507 e. The molecule has 0 aliphatic heterocycles. The van der Waals surface area contributed by atoms with Gasteiger partial charge in [-0.1, -0.05) is 11.8 Å². The summed E-state index contributed by atoms with van der Waals surface area (Å²) in [5.41, 5.74) is -0.0155. The Morgan fingerprint density at radius 3 is 2.79 bits per heavy atom. The van der Waals surface area contributed by atoms with E-state index in [0.717, 1.165) is 6.07 Å². The van der Waals surface area contributed by atoms with Crippen LogP contribution in [-0.2, 0) is 0 Å². The number of nitro groups is 1. The molecule has 2 N–H and O–H groups in total. The van der Waals surface area contributed by atoms with E-state index < -0.39 is 4.92 Å². The SMILES string of the molecule is O=[N+]([O-])c1ccc(O)c(C#CCO)c1. The van der Waals surface area contributed by atoms with Gasteiger partial charge in [-0.3, -0.25) is 10.1 Å². The summed E-state index contributed by atoms with van der Waals surface area (Å²) in [5.74, 6) is 4.56. The first kappa shape index (κ1) is 10.0. The molecule has 0 aliphatic carbocycles. The number of aliphatic hydroxyl groups excluding tert-OH is 1. The third-order valence-corrected chi connectivity index (χ3v) is 1.49. The van der Waals surface area contributed by atoms with Crippen molar-refractivity contribution >= 4 is 5.69 Å². The molecule has 1 aromatic carbocycles. The topological polar surface area (TPSA) is 83.6 Å². The van der Waals surface area contributed by atoms with Crippen molar-refractivity contribution in [2.75, 3.05) is 6.61 Å². The molecule has 0 aromatic heterocycles. The van der Waals surface area contributed by atoms with Crippen LogP contribution in [0.1, 0.15) is 5.56 Å². The Morgan fingerprint density at radius 2 is 2.21 bits per heavy atom. The molecule has 0 saturated heterocycles. The first-order chi connectivity index (χ1) is 6.65. The van der Waals surface area contributed by atoms with Crippen molar-refractivity contribution in [3.8, 4) is 17.6 Å². The van der Waals surface area contributed by atoms with E-state index in [0.29, 0.717) is 0 Å². The molecule has 0 heterocycles. The van der Waals surface area contributed by atoms with Crippen molar-refractivity contribution in [1.29, 1.82) is 0 Å². The highest BCUT2D eigenvalue weighted by atomic mass is 16.6. The van der Waals surface area contributed by atoms with Crippen molar-refractivity contribution in [2.45, 2.75) is 0 Å². The van der Waals surface area contributed by atoms with Crippen LogP contribution in [0.15, 0.2) is 18.2 Å². The largest absolute Gasteiger partial charge is 0.507 e. The summed E-state index contributed by atoms with van der Waals surface area (Å²) in [6.45, 7) is -0.359. The van der Waals surface area contributed by atoms with Crippen molar-refractivity contribution in [1.82, 2.24) is 0 Å². The number of hydrogen-bond donors (Lipinski definition) is 2. The molecule has 1 aromatic rings. The van der Waals surface area contributed by atoms with Crippen LogP contribution in [0.4, 0.5) is 5.69 Å². The number of benzene rings is 1. The number of non-ortho nitro benzene ring substituents is 1. The summed E-state index contributed by atoms with van der Waals surface area (Å²) < 4.78 is 0. The first-order valence-corrected chi connectivity index (χ1v) is 3.72. The molecule has 0 atom stereocenters. The number of rotatable bonds is 1. The van der Waals surface area contributed by atoms with Crippen LogP contribution in [0.3, 0.4) is 0 Å². The predicted octanol–water partition coefficient (Wildman–Crippen LogP) is 0.644. The van der Waals surface area contributed by atoms with Crippen LogP contribution in [0.25, 0.3) is 0 Å². The zero-order valence-corrected chi connectivity index (χ0v) is 7.10. The molecule has 0 spiro atoms. The van der Waals surface area contributed by atoms with Gasteiger partial charge >= 0.3 is 0 Å². The molecule has 0 bridgehead atoms. The van der Waals surface area contributed by atoms with E-state index >= 15 is 0 Å². The zero-order valence-electron chi connectivity index (χ0n) is 7.10. The third-order valence-electron chi connectivity index (χ3n) is 1.49. The Morgan fingerprint density at radius 1 is 1.50 bits per heavy atom. The second-order valence-corrected chi connectivity index (χ2v) is 2.42. The van der Waals surface area contributed by atoms with Crippen LogP contribution in [0.5, 0.6) is 5.75 Å². The highest BCUT2D eigenvalue weighted by molar-refractivity contribution is 5.51. The van der Waals surface area contributed by atoms with Gasteiger partial charge in [0.05, 0.1) is 10.5 Å². The highest BCUT2D eigenvalue weighted by Gasteiger charge is 2.07. The Bertz CT molecular complexity index is 417. The van der Waals surface area contributed by atoms with Crippen molar-refractivity contribution in [2.24, 2.45) is 0 Å². The van der Waals surface area contributed by atoms with Crippen LogP contribution in [0, 0.1) is 22.0 Å². The average Bonchev–Trinajstić information content (AvgIpc) is 2.16. The molecule has 5 heteroatoms. The van der Waals surface area contributed by atoms with Crippen LogP contribution < -0.4 is 0 Å². The summed E-state index contributed by atoms with van der Waals surface area (Å²) in [6, 6.07) is 3.52. The molecule has 0 amide bonds. The van der Waals surface area contributed by atoms with Crippen LogP contribution in [-0.4, -0.2) is 21.7 Å². The fourth-order valence-electron chi connectivity index (χ4n) is 0.872. The molecule has 0 unspecified atom stereocenters. The van der Waals surface area contributed by atoms with Crippen LogP contribution >= 0.6 is 0 Å². The standard InChI is InChI=1S/C9H7NO4/c11-5-1-2-7-6-8(10(13)14)3-4-9(7)12/h3-4,6,11-12H,5H2. The van der Waals surface area contributed by atoms with Crippen molar-refractivity contribution in [3.63, 3.8) is 0 Å². The van der Waals surface area contributed by atoms with Crippen molar-refractivity contribution < 1.29 is 15.1 Å². The number of phenols is 1. The third kappa shape index (κ3) is 2.21. The fourth-order valence-corrected chi connectivity index (χ4v) is 0.872. The summed E-state index contributed by atoms with van der Waals surface area (Å²) in [5, 5.41) is 28.0. The molecular formula is C9H7NO4. The molecule has 5 nitrogen and oxygen atoms in total. The number of hydrogen-bond acceptors (Lipinski definition) is 4. The van der Waals surface area contributed by atoms with E-state index in [1.165, 1.54) is 12.1 Å². The molecule has 0 fully saturated rings. The summed E-state index contributed by atoms with van der Waals surface area (Å²) in [7, 11) is 0. The lowest BCUT2D eigenvalue weighted by Crippen LogP contribution is -1.88. The molecule has 0 saturated carbocycles. The highest BCUT2D eigenvalue weighted by Crippen LogP contribution is 2.21. The maximum Gasteiger partial charge on any atom is 0.270 e. The van der Waals surface area contributed by atoms with Gasteiger partial charge in [-0.25, -0.2) is 0 Å². The van der Waals surface area contributed by atoms with E-state index in [2.05, 4.69) is 11.8 Å². The zero-order chi connectivity index (χ0) is 10.6. The normalized spacial score (nSPS) is 8.93. The molecule has 14 heavy (non-hydrogen) atoms. The average molecular weight is 193 g/mol. The van der Waals surface area contributed by atoms with Crippen molar-refractivity contribution in [3.05, 3.63) is 33.9 Å². The monoisotopic (exact) mass is 193 g/mol. The number of aromatic hydroxyl groups is 1. The quantitative estimate of drug-likeness (QED) is 0.389.